The van der Waals surface area contributed by atoms with Crippen LogP contribution in [0.25, 0.3) is 10.9 Å². The van der Waals surface area contributed by atoms with Gasteiger partial charge < -0.3 is 76.7 Å². The number of rotatable bonds is 31. The number of carboxylic acid groups (broad SMARTS) is 1. The topological polar surface area (TPSA) is 373 Å². The monoisotopic (exact) mass is 1260 g/mol. The zero-order chi connectivity index (χ0) is 64.0. The number of Topliss-reactive ketones (excluding diaryl/α,β-unsaturated/α-hetero) is 3. The molecular weight excluding hydrogens is 1180 g/mol. The maximum atomic E-state index is 15.2. The molecule has 0 radical (unpaired) electrons. The van der Waals surface area contributed by atoms with E-state index in [0.717, 1.165) is 39.4 Å². The van der Waals surface area contributed by atoms with Crippen molar-refractivity contribution >= 4 is 85.3 Å². The van der Waals surface area contributed by atoms with E-state index in [1.165, 1.54) is 19.1 Å². The molecule has 1 aliphatic heterocycles. The minimum Gasteiger partial charge on any atom is -0.508 e. The summed E-state index contributed by atoms with van der Waals surface area (Å²) in [6.07, 6.45) is -2.46. The van der Waals surface area contributed by atoms with E-state index in [0.29, 0.717) is 62.6 Å². The minimum atomic E-state index is -1.81. The number of carboxylic acids is 1. The van der Waals surface area contributed by atoms with Crippen molar-refractivity contribution in [2.75, 3.05) is 70.9 Å². The Hall–Kier alpha value is -6.75. The van der Waals surface area contributed by atoms with Gasteiger partial charge in [0.05, 0.1) is 63.8 Å². The Balaban J connectivity index is 1.54. The van der Waals surface area contributed by atoms with Crippen LogP contribution in [-0.4, -0.2) is 192 Å². The molecule has 88 heavy (non-hydrogen) atoms. The quantitative estimate of drug-likeness (QED) is 0.0255. The fourth-order valence-electron chi connectivity index (χ4n) is 9.72. The Kier molecular flexibility index (Phi) is 31.6. The number of carbonyl (C=O) groups excluding carboxylic acids is 8. The summed E-state index contributed by atoms with van der Waals surface area (Å²) in [6.45, 7) is 6.49. The summed E-state index contributed by atoms with van der Waals surface area (Å²) in [5, 5.41) is 55.5. The summed E-state index contributed by atoms with van der Waals surface area (Å²) < 4.78 is 21.9. The van der Waals surface area contributed by atoms with E-state index in [1.54, 1.807) is 54.7 Å². The van der Waals surface area contributed by atoms with Crippen molar-refractivity contribution < 1.29 is 82.5 Å². The van der Waals surface area contributed by atoms with Gasteiger partial charge in [0.25, 0.3) is 0 Å². The second kappa shape index (κ2) is 38.6. The van der Waals surface area contributed by atoms with E-state index in [1.807, 2.05) is 25.1 Å². The average Bonchev–Trinajstić information content (AvgIpc) is 3.90. The van der Waals surface area contributed by atoms with Crippen LogP contribution in [0.15, 0.2) is 85.1 Å². The van der Waals surface area contributed by atoms with Crippen molar-refractivity contribution in [3.8, 4) is 5.75 Å². The molecule has 4 aromatic rings. The van der Waals surface area contributed by atoms with Gasteiger partial charge in [0.1, 0.15) is 30.5 Å². The van der Waals surface area contributed by atoms with Gasteiger partial charge in [0.15, 0.2) is 23.4 Å². The van der Waals surface area contributed by atoms with Crippen LogP contribution in [0.3, 0.4) is 0 Å². The molecule has 3 aromatic carbocycles. The molecule has 1 aliphatic rings. The van der Waals surface area contributed by atoms with E-state index >= 15 is 9.59 Å². The third-order valence-corrected chi connectivity index (χ3v) is 17.1. The highest BCUT2D eigenvalue weighted by atomic mass is 33.1. The van der Waals surface area contributed by atoms with Crippen LogP contribution in [0, 0.1) is 17.8 Å². The first-order valence-corrected chi connectivity index (χ1v) is 32.1. The van der Waals surface area contributed by atoms with Crippen molar-refractivity contribution in [3.63, 3.8) is 0 Å². The Bertz CT molecular complexity index is 2880. The average molecular weight is 1260 g/mol. The number of ketones is 3. The van der Waals surface area contributed by atoms with Crippen LogP contribution in [0.4, 0.5) is 0 Å². The molecule has 482 valence electrons. The molecule has 2 heterocycles. The molecule has 24 nitrogen and oxygen atoms in total. The Labute approximate surface area is 520 Å². The molecule has 12 N–H and O–H groups in total. The van der Waals surface area contributed by atoms with Gasteiger partial charge >= 0.3 is 5.97 Å². The first kappa shape index (κ1) is 72.0. The summed E-state index contributed by atoms with van der Waals surface area (Å²) in [7, 11) is 1.97. The summed E-state index contributed by atoms with van der Waals surface area (Å²) in [6, 6.07) is 14.4. The van der Waals surface area contributed by atoms with Crippen molar-refractivity contribution in [3.05, 3.63) is 102 Å². The number of aromatic amines is 1. The van der Waals surface area contributed by atoms with Crippen molar-refractivity contribution in [2.45, 2.75) is 121 Å². The number of benzene rings is 3. The molecule has 0 saturated carbocycles. The number of unbranched alkanes of at least 4 members (excludes halogenated alkanes) is 1. The summed E-state index contributed by atoms with van der Waals surface area (Å²) in [4.78, 5) is 132. The molecule has 1 fully saturated rings. The van der Waals surface area contributed by atoms with E-state index in [-0.39, 0.29) is 75.7 Å². The Morgan fingerprint density at radius 1 is 0.716 bits per heavy atom. The van der Waals surface area contributed by atoms with E-state index < -0.39 is 126 Å². The lowest BCUT2D eigenvalue weighted by molar-refractivity contribution is -0.145. The minimum absolute atomic E-state index is 0.0140. The zero-order valence-electron chi connectivity index (χ0n) is 50.0. The van der Waals surface area contributed by atoms with Gasteiger partial charge in [-0.2, -0.15) is 0 Å². The first-order valence-electron chi connectivity index (χ1n) is 29.6. The van der Waals surface area contributed by atoms with Crippen molar-refractivity contribution in [1.82, 2.24) is 31.6 Å². The molecule has 0 spiro atoms. The molecule has 1 saturated heterocycles. The van der Waals surface area contributed by atoms with Gasteiger partial charge in [-0.3, -0.25) is 38.4 Å². The van der Waals surface area contributed by atoms with Gasteiger partial charge in [-0.25, -0.2) is 4.79 Å². The van der Waals surface area contributed by atoms with Gasteiger partial charge in [-0.05, 0) is 94.3 Å². The number of carbonyl (C=O) groups is 9. The number of phenols is 1. The lowest BCUT2D eigenvalue weighted by Gasteiger charge is -2.28. The number of hydrogen-bond acceptors (Lipinski definition) is 19. The van der Waals surface area contributed by atoms with Gasteiger partial charge in [0.2, 0.25) is 29.5 Å². The number of nitrogens with one attached hydrogen (secondary N) is 6. The highest BCUT2D eigenvalue weighted by Crippen LogP contribution is 2.29. The Morgan fingerprint density at radius 2 is 1.35 bits per heavy atom. The van der Waals surface area contributed by atoms with Crippen LogP contribution >= 0.6 is 21.6 Å². The number of phenolic OH excluding ortho intramolecular Hbond substituents is 1. The number of ether oxygens (including phenoxy) is 4. The predicted molar refractivity (Wildman–Crippen MR) is 331 cm³/mol. The fraction of sp³-hybridized carbons (Fsp3) is 0.532. The molecule has 5 rings (SSSR count). The number of aliphatic hydroxyl groups is 2. The third kappa shape index (κ3) is 24.7. The fourth-order valence-corrected chi connectivity index (χ4v) is 12.2. The molecule has 0 bridgehead atoms. The van der Waals surface area contributed by atoms with Gasteiger partial charge in [0, 0.05) is 72.7 Å². The summed E-state index contributed by atoms with van der Waals surface area (Å²) in [5.74, 6) is -11.9. The van der Waals surface area contributed by atoms with Crippen molar-refractivity contribution in [1.29, 1.82) is 0 Å². The molecule has 1 aromatic heterocycles. The standard InChI is InChI=1S/C62H85N7O17S2/c1-4-83-22-23-84-24-25-85-26-27-86-35-47(73)30-42(28-40-12-6-5-7-13-40)57(76)67-52-37-88-87-36-45(59(78)69-56(39(3)71)62(81)82)33-54(75)55(38(2)70)68-60(79)50(16-10-11-21-63)65-61(80)51(31-44-34-64-49-15-9-8-14-48(44)49)66-58(77)43(32-53(52)74)29-41-17-19-46(72)20-18-41/h5-9,12-15,17-20,34,38-39,42-43,45,50-52,55-56,64,70-72H,4,10-11,16,21-33,35-37,63H2,1-3H3,(H,65,80)(H,66,77)(H,67,76)(H,68,79)(H,69,78)(H,81,82)/t38?,39-,42+,43-,45+,50+,51-,52+,55+,56+/m1/s1. The van der Waals surface area contributed by atoms with E-state index in [9.17, 15) is 54.0 Å². The van der Waals surface area contributed by atoms with Crippen molar-refractivity contribution in [2.24, 2.45) is 23.5 Å². The third-order valence-electron chi connectivity index (χ3n) is 14.6. The number of hydrogen-bond donors (Lipinski definition) is 11. The molecule has 10 atom stereocenters. The van der Waals surface area contributed by atoms with Crippen LogP contribution in [0.5, 0.6) is 5.75 Å². The van der Waals surface area contributed by atoms with Crippen LogP contribution in [0.1, 0.15) is 76.0 Å². The van der Waals surface area contributed by atoms with Gasteiger partial charge in [-0.1, -0.05) is 82.3 Å². The number of aliphatic carboxylic acids is 1. The first-order chi connectivity index (χ1) is 42.3. The maximum absolute atomic E-state index is 15.2. The number of amides is 5. The largest absolute Gasteiger partial charge is 0.508 e. The highest BCUT2D eigenvalue weighted by molar-refractivity contribution is 8.76. The van der Waals surface area contributed by atoms with E-state index in [2.05, 4.69) is 31.6 Å². The van der Waals surface area contributed by atoms with Crippen LogP contribution < -0.4 is 32.3 Å². The predicted octanol–water partition coefficient (Wildman–Crippen LogP) is 2.51. The molecule has 5 amide bonds. The van der Waals surface area contributed by atoms with Gasteiger partial charge in [-0.15, -0.1) is 0 Å². The number of nitrogens with two attached hydrogens (primary N) is 1. The summed E-state index contributed by atoms with van der Waals surface area (Å²) >= 11 is 0. The number of aliphatic hydroxyl groups excluding tert-OH is 2. The van der Waals surface area contributed by atoms with Crippen LogP contribution in [0.2, 0.25) is 0 Å². The molecule has 0 aliphatic carbocycles. The lowest BCUT2D eigenvalue weighted by atomic mass is 9.90. The van der Waals surface area contributed by atoms with E-state index in [4.69, 9.17) is 24.7 Å². The summed E-state index contributed by atoms with van der Waals surface area (Å²) in [5.41, 5.74) is 8.38. The number of aromatic nitrogens is 1. The molecule has 1 unspecified atom stereocenters. The molecular formula is C62H85N7O17S2. The number of H-pyrrole nitrogens is 1. The van der Waals surface area contributed by atoms with Crippen LogP contribution in [-0.2, 0) is 81.4 Å². The maximum Gasteiger partial charge on any atom is 0.328 e. The second-order valence-electron chi connectivity index (χ2n) is 21.6. The smallest absolute Gasteiger partial charge is 0.328 e. The highest BCUT2D eigenvalue weighted by Gasteiger charge is 2.38. The lowest BCUT2D eigenvalue weighted by Crippen LogP contribution is -2.58. The number of aromatic hydroxyl groups is 1. The second-order valence-corrected chi connectivity index (χ2v) is 24.2. The normalized spacial score (nSPS) is 20.8. The SMILES string of the molecule is CCOCCOCCOCCOCC(=O)C[C@H](Cc1ccccc1)C(=O)N[C@H]1CSSC[C@@H](C(=O)N[C@H](C(=O)O)[C@@H](C)O)CC(=O)[C@H](C(C)O)NC(=O)[C@H](CCCCN)NC(=O)[C@@H](Cc2c[nH]c3ccccc23)NC(=O)[C@H](Cc2ccc(O)cc2)CC1=O. The molecule has 26 heteroatoms. The number of para-hydroxylation sites is 1. The Morgan fingerprint density at radius 3 is 2.01 bits per heavy atom. The number of fused-ring (bicyclic) bond motifs is 1. The zero-order valence-corrected chi connectivity index (χ0v) is 51.6.